The van der Waals surface area contributed by atoms with Gasteiger partial charge < -0.3 is 5.73 Å². The van der Waals surface area contributed by atoms with Crippen molar-refractivity contribution in [1.29, 1.82) is 0 Å². The molecule has 1 aromatic rings. The zero-order valence-electron chi connectivity index (χ0n) is 8.57. The van der Waals surface area contributed by atoms with Crippen molar-refractivity contribution >= 4 is 0 Å². The Labute approximate surface area is 78.6 Å². The van der Waals surface area contributed by atoms with Crippen LogP contribution in [0.3, 0.4) is 0 Å². The second kappa shape index (κ2) is 3.38. The zero-order chi connectivity index (χ0) is 10.1. The summed E-state index contributed by atoms with van der Waals surface area (Å²) in [5.41, 5.74) is 6.59. The molecule has 0 amide bonds. The van der Waals surface area contributed by atoms with E-state index in [9.17, 15) is 0 Å². The summed E-state index contributed by atoms with van der Waals surface area (Å²) in [6.07, 6.45) is 1.69. The second-order valence-electron chi connectivity index (χ2n) is 4.24. The Kier molecular flexibility index (Phi) is 2.61. The minimum Gasteiger partial charge on any atom is -0.321 e. The first-order valence-electron chi connectivity index (χ1n) is 4.37. The topological polar surface area (TPSA) is 64.7 Å². The van der Waals surface area contributed by atoms with Crippen molar-refractivity contribution in [3.63, 3.8) is 0 Å². The normalized spacial score (nSPS) is 14.2. The molecule has 4 nitrogen and oxygen atoms in total. The van der Waals surface area contributed by atoms with E-state index in [1.165, 1.54) is 0 Å². The number of hydrogen-bond acceptors (Lipinski definition) is 4. The maximum Gasteiger partial charge on any atom is 0.167 e. The smallest absolute Gasteiger partial charge is 0.167 e. The molecule has 0 saturated carbocycles. The van der Waals surface area contributed by atoms with E-state index in [-0.39, 0.29) is 11.5 Å². The van der Waals surface area contributed by atoms with Gasteiger partial charge in [0.25, 0.3) is 0 Å². The van der Waals surface area contributed by atoms with Crippen LogP contribution in [0.5, 0.6) is 0 Å². The van der Waals surface area contributed by atoms with E-state index in [1.54, 1.807) is 6.20 Å². The van der Waals surface area contributed by atoms with E-state index >= 15 is 0 Å². The molecule has 2 N–H and O–H groups in total. The van der Waals surface area contributed by atoms with E-state index in [2.05, 4.69) is 36.0 Å². The van der Waals surface area contributed by atoms with Crippen LogP contribution < -0.4 is 5.73 Å². The number of nitrogens with zero attached hydrogens (tertiary/aromatic N) is 3. The molecule has 13 heavy (non-hydrogen) atoms. The second-order valence-corrected chi connectivity index (χ2v) is 4.24. The van der Waals surface area contributed by atoms with Gasteiger partial charge >= 0.3 is 0 Å². The van der Waals surface area contributed by atoms with Gasteiger partial charge in [0.1, 0.15) is 0 Å². The van der Waals surface area contributed by atoms with Gasteiger partial charge in [0.2, 0.25) is 0 Å². The number of nitrogens with two attached hydrogens (primary N) is 1. The van der Waals surface area contributed by atoms with Crippen LogP contribution in [-0.4, -0.2) is 15.2 Å². The summed E-state index contributed by atoms with van der Waals surface area (Å²) in [7, 11) is 0. The fourth-order valence-corrected chi connectivity index (χ4v) is 0.872. The first kappa shape index (κ1) is 10.1. The molecule has 0 fully saturated rings. The molecule has 0 radical (unpaired) electrons. The van der Waals surface area contributed by atoms with Gasteiger partial charge in [-0.3, -0.25) is 0 Å². The molecule has 1 heterocycles. The Bertz CT molecular complexity index is 288. The lowest BCUT2D eigenvalue weighted by Gasteiger charge is -2.17. The predicted octanol–water partition coefficient (Wildman–Crippen LogP) is 1.19. The quantitative estimate of drug-likeness (QED) is 0.705. The van der Waals surface area contributed by atoms with Crippen LogP contribution in [-0.2, 0) is 5.41 Å². The largest absolute Gasteiger partial charge is 0.321 e. The average Bonchev–Trinajstić information content (AvgIpc) is 2.03. The number of rotatable bonds is 1. The lowest BCUT2D eigenvalue weighted by atomic mass is 9.93. The lowest BCUT2D eigenvalue weighted by Crippen LogP contribution is -2.19. The molecule has 1 rings (SSSR count). The Morgan fingerprint density at radius 2 is 2.00 bits per heavy atom. The van der Waals surface area contributed by atoms with Crippen molar-refractivity contribution in [2.45, 2.75) is 39.2 Å². The summed E-state index contributed by atoms with van der Waals surface area (Å²) >= 11 is 0. The Hall–Kier alpha value is -1.03. The lowest BCUT2D eigenvalue weighted by molar-refractivity contribution is 0.547. The van der Waals surface area contributed by atoms with Crippen molar-refractivity contribution in [2.24, 2.45) is 5.73 Å². The van der Waals surface area contributed by atoms with E-state index < -0.39 is 0 Å². The van der Waals surface area contributed by atoms with E-state index in [1.807, 2.05) is 6.92 Å². The summed E-state index contributed by atoms with van der Waals surface area (Å²) in [5, 5.41) is 7.75. The zero-order valence-corrected chi connectivity index (χ0v) is 8.57. The molecule has 0 aromatic carbocycles. The maximum absolute atomic E-state index is 5.66. The fraction of sp³-hybridized carbons (Fsp3) is 0.667. The summed E-state index contributed by atoms with van der Waals surface area (Å²) in [6.45, 7) is 8.11. The van der Waals surface area contributed by atoms with Crippen molar-refractivity contribution in [3.8, 4) is 0 Å². The van der Waals surface area contributed by atoms with Crippen LogP contribution in [0.2, 0.25) is 0 Å². The van der Waals surface area contributed by atoms with Gasteiger partial charge in [0.15, 0.2) is 5.82 Å². The molecule has 0 aliphatic carbocycles. The Morgan fingerprint density at radius 1 is 1.38 bits per heavy atom. The van der Waals surface area contributed by atoms with Crippen molar-refractivity contribution in [2.75, 3.05) is 0 Å². The fourth-order valence-electron chi connectivity index (χ4n) is 0.872. The molecule has 0 spiro atoms. The molecule has 1 aromatic heterocycles. The van der Waals surface area contributed by atoms with Gasteiger partial charge in [0.05, 0.1) is 17.9 Å². The molecular weight excluding hydrogens is 164 g/mol. The minimum atomic E-state index is -0.158. The van der Waals surface area contributed by atoms with Crippen LogP contribution >= 0.6 is 0 Å². The molecular formula is C9H16N4. The van der Waals surface area contributed by atoms with Crippen LogP contribution in [0.4, 0.5) is 0 Å². The van der Waals surface area contributed by atoms with Gasteiger partial charge in [-0.15, -0.1) is 5.10 Å². The monoisotopic (exact) mass is 180 g/mol. The molecule has 1 atom stereocenters. The SMILES string of the molecule is CC(N)c1nncc(C(C)(C)C)n1. The minimum absolute atomic E-state index is 0.000417. The van der Waals surface area contributed by atoms with E-state index in [0.717, 1.165) is 5.69 Å². The van der Waals surface area contributed by atoms with Crippen LogP contribution in [0, 0.1) is 0 Å². The van der Waals surface area contributed by atoms with Crippen molar-refractivity contribution < 1.29 is 0 Å². The van der Waals surface area contributed by atoms with E-state index in [0.29, 0.717) is 5.82 Å². The summed E-state index contributed by atoms with van der Waals surface area (Å²) in [5.74, 6) is 0.604. The van der Waals surface area contributed by atoms with Gasteiger partial charge in [0, 0.05) is 5.41 Å². The predicted molar refractivity (Wildman–Crippen MR) is 51.1 cm³/mol. The van der Waals surface area contributed by atoms with Crippen molar-refractivity contribution in [3.05, 3.63) is 17.7 Å². The van der Waals surface area contributed by atoms with Gasteiger partial charge in [-0.2, -0.15) is 5.10 Å². The first-order chi connectivity index (χ1) is 5.91. The van der Waals surface area contributed by atoms with Crippen LogP contribution in [0.15, 0.2) is 6.20 Å². The van der Waals surface area contributed by atoms with Crippen LogP contribution in [0.1, 0.15) is 45.3 Å². The molecule has 0 bridgehead atoms. The summed E-state index contributed by atoms with van der Waals surface area (Å²) in [4.78, 5) is 4.34. The third-order valence-corrected chi connectivity index (χ3v) is 1.75. The number of aromatic nitrogens is 3. The highest BCUT2D eigenvalue weighted by atomic mass is 15.2. The highest BCUT2D eigenvalue weighted by Gasteiger charge is 2.17. The molecule has 0 saturated heterocycles. The first-order valence-corrected chi connectivity index (χ1v) is 4.37. The molecule has 72 valence electrons. The highest BCUT2D eigenvalue weighted by molar-refractivity contribution is 5.09. The average molecular weight is 180 g/mol. The highest BCUT2D eigenvalue weighted by Crippen LogP contribution is 2.19. The van der Waals surface area contributed by atoms with Crippen LogP contribution in [0.25, 0.3) is 0 Å². The third-order valence-electron chi connectivity index (χ3n) is 1.75. The molecule has 1 unspecified atom stereocenters. The molecule has 0 aliphatic heterocycles. The summed E-state index contributed by atoms with van der Waals surface area (Å²) < 4.78 is 0. The summed E-state index contributed by atoms with van der Waals surface area (Å²) in [6, 6.07) is -0.158. The molecule has 0 aliphatic rings. The van der Waals surface area contributed by atoms with Gasteiger partial charge in [-0.05, 0) is 6.92 Å². The molecule has 4 heteroatoms. The van der Waals surface area contributed by atoms with Gasteiger partial charge in [-0.1, -0.05) is 20.8 Å². The Balaban J connectivity index is 3.06. The maximum atomic E-state index is 5.66. The van der Waals surface area contributed by atoms with Crippen molar-refractivity contribution in [1.82, 2.24) is 15.2 Å². The van der Waals surface area contributed by atoms with Gasteiger partial charge in [-0.25, -0.2) is 4.98 Å². The third kappa shape index (κ3) is 2.45. The standard InChI is InChI=1S/C9H16N4/c1-6(10)8-12-7(5-11-13-8)9(2,3)4/h5-6H,10H2,1-4H3. The van der Waals surface area contributed by atoms with E-state index in [4.69, 9.17) is 5.73 Å². The Morgan fingerprint density at radius 3 is 2.46 bits per heavy atom. The number of hydrogen-bond donors (Lipinski definition) is 1.